The van der Waals surface area contributed by atoms with Crippen LogP contribution in [0.1, 0.15) is 84.0 Å². The van der Waals surface area contributed by atoms with Crippen molar-refractivity contribution in [2.24, 2.45) is 17.4 Å². The van der Waals surface area contributed by atoms with E-state index in [1.165, 1.54) is 64.2 Å². The van der Waals surface area contributed by atoms with Crippen molar-refractivity contribution >= 4 is 0 Å². The molecule has 4 N–H and O–H groups in total. The van der Waals surface area contributed by atoms with Gasteiger partial charge in [-0.25, -0.2) is 0 Å². The van der Waals surface area contributed by atoms with Crippen molar-refractivity contribution in [1.82, 2.24) is 0 Å². The van der Waals surface area contributed by atoms with Gasteiger partial charge < -0.3 is 16.2 Å². The van der Waals surface area contributed by atoms with Crippen LogP contribution in [0.25, 0.3) is 0 Å². The first-order valence-corrected chi connectivity index (χ1v) is 9.33. The zero-order valence-electron chi connectivity index (χ0n) is 14.5. The zero-order chi connectivity index (χ0) is 15.6. The molecule has 0 radical (unpaired) electrons. The fraction of sp³-hybridized carbons (Fsp3) is 1.00. The topological polar surface area (TPSA) is 61.3 Å². The van der Waals surface area contributed by atoms with E-state index < -0.39 is 0 Å². The normalized spacial score (nSPS) is 12.7. The third-order valence-corrected chi connectivity index (χ3v) is 4.15. The van der Waals surface area contributed by atoms with Crippen molar-refractivity contribution in [1.29, 1.82) is 0 Å². The molecule has 0 aromatic heterocycles. The lowest BCUT2D eigenvalue weighted by molar-refractivity contribution is 0.0949. The van der Waals surface area contributed by atoms with Crippen molar-refractivity contribution in [3.8, 4) is 0 Å². The summed E-state index contributed by atoms with van der Waals surface area (Å²) in [5, 5.41) is 0. The number of hydrogen-bond donors (Lipinski definition) is 2. The Morgan fingerprint density at radius 2 is 1.33 bits per heavy atom. The summed E-state index contributed by atoms with van der Waals surface area (Å²) >= 11 is 0. The van der Waals surface area contributed by atoms with Gasteiger partial charge in [0.1, 0.15) is 0 Å². The van der Waals surface area contributed by atoms with Crippen molar-refractivity contribution in [3.63, 3.8) is 0 Å². The van der Waals surface area contributed by atoms with Gasteiger partial charge in [-0.15, -0.1) is 0 Å². The molecule has 21 heavy (non-hydrogen) atoms. The van der Waals surface area contributed by atoms with E-state index >= 15 is 0 Å². The van der Waals surface area contributed by atoms with Crippen molar-refractivity contribution in [2.45, 2.75) is 84.0 Å². The van der Waals surface area contributed by atoms with Gasteiger partial charge in [0.05, 0.1) is 6.61 Å². The molecule has 128 valence electrons. The summed E-state index contributed by atoms with van der Waals surface area (Å²) in [5.74, 6) is 0.497. The summed E-state index contributed by atoms with van der Waals surface area (Å²) in [6, 6.07) is 0. The lowest BCUT2D eigenvalue weighted by atomic mass is 10.0. The average molecular weight is 301 g/mol. The Hall–Kier alpha value is -0.120. The first-order valence-electron chi connectivity index (χ1n) is 9.33. The van der Waals surface area contributed by atoms with Gasteiger partial charge in [-0.1, -0.05) is 64.7 Å². The summed E-state index contributed by atoms with van der Waals surface area (Å²) in [6.45, 7) is 5.46. The minimum Gasteiger partial charge on any atom is -0.381 e. The molecule has 3 heteroatoms. The molecule has 0 heterocycles. The van der Waals surface area contributed by atoms with Gasteiger partial charge in [-0.2, -0.15) is 0 Å². The van der Waals surface area contributed by atoms with E-state index in [1.54, 1.807) is 0 Å². The van der Waals surface area contributed by atoms with E-state index in [4.69, 9.17) is 16.2 Å². The van der Waals surface area contributed by atoms with E-state index in [1.807, 2.05) is 0 Å². The van der Waals surface area contributed by atoms with Gasteiger partial charge in [0.2, 0.25) is 0 Å². The molecule has 0 amide bonds. The van der Waals surface area contributed by atoms with Crippen LogP contribution in [-0.2, 0) is 4.74 Å². The highest BCUT2D eigenvalue weighted by molar-refractivity contribution is 4.59. The number of nitrogens with two attached hydrogens (primary N) is 2. The highest BCUT2D eigenvalue weighted by atomic mass is 16.5. The first kappa shape index (κ1) is 20.9. The largest absolute Gasteiger partial charge is 0.381 e. The standard InChI is InChI=1S/C18H40N2O/c1-2-3-4-5-6-7-8-9-10-11-15-21-17-18(16-20)13-12-14-19/h18H,2-17,19-20H2,1H3. The van der Waals surface area contributed by atoms with E-state index in [9.17, 15) is 0 Å². The van der Waals surface area contributed by atoms with Crippen LogP contribution < -0.4 is 11.5 Å². The number of unbranched alkanes of at least 4 members (excludes halogenated alkanes) is 9. The molecule has 0 bridgehead atoms. The molecule has 0 aromatic rings. The van der Waals surface area contributed by atoms with E-state index in [-0.39, 0.29) is 0 Å². The molecule has 0 aliphatic heterocycles. The van der Waals surface area contributed by atoms with Gasteiger partial charge in [-0.05, 0) is 38.3 Å². The summed E-state index contributed by atoms with van der Waals surface area (Å²) in [5.41, 5.74) is 11.3. The molecule has 0 fully saturated rings. The Kier molecular flexibility index (Phi) is 17.8. The van der Waals surface area contributed by atoms with E-state index in [0.29, 0.717) is 5.92 Å². The highest BCUT2D eigenvalue weighted by Crippen LogP contribution is 2.11. The Bertz CT molecular complexity index is 188. The summed E-state index contributed by atoms with van der Waals surface area (Å²) in [4.78, 5) is 0. The molecule has 0 aliphatic carbocycles. The van der Waals surface area contributed by atoms with E-state index in [2.05, 4.69) is 6.92 Å². The second-order valence-electron chi connectivity index (χ2n) is 6.29. The minimum absolute atomic E-state index is 0.497. The molecule has 0 aromatic carbocycles. The predicted octanol–water partition coefficient (Wildman–Crippen LogP) is 4.24. The monoisotopic (exact) mass is 300 g/mol. The van der Waals surface area contributed by atoms with Crippen LogP contribution in [0.5, 0.6) is 0 Å². The second-order valence-corrected chi connectivity index (χ2v) is 6.29. The fourth-order valence-corrected chi connectivity index (χ4v) is 2.62. The predicted molar refractivity (Wildman–Crippen MR) is 93.5 cm³/mol. The fourth-order valence-electron chi connectivity index (χ4n) is 2.62. The Balaban J connectivity index is 3.14. The number of rotatable bonds is 17. The minimum atomic E-state index is 0.497. The summed E-state index contributed by atoms with van der Waals surface area (Å²) in [7, 11) is 0. The lowest BCUT2D eigenvalue weighted by Gasteiger charge is -2.14. The number of ether oxygens (including phenoxy) is 1. The first-order chi connectivity index (χ1) is 10.3. The molecule has 0 saturated heterocycles. The summed E-state index contributed by atoms with van der Waals surface area (Å²) in [6.07, 6.45) is 15.9. The maximum absolute atomic E-state index is 5.73. The second kappa shape index (κ2) is 17.9. The van der Waals surface area contributed by atoms with Crippen molar-refractivity contribution < 1.29 is 4.74 Å². The maximum Gasteiger partial charge on any atom is 0.0506 e. The molecular weight excluding hydrogens is 260 g/mol. The molecule has 0 aliphatic rings. The maximum atomic E-state index is 5.73. The SMILES string of the molecule is CCCCCCCCCCCCOCC(CN)CCCN. The van der Waals surface area contributed by atoms with Crippen LogP contribution in [0.4, 0.5) is 0 Å². The molecular formula is C18H40N2O. The van der Waals surface area contributed by atoms with Gasteiger partial charge in [-0.3, -0.25) is 0 Å². The highest BCUT2D eigenvalue weighted by Gasteiger charge is 2.05. The van der Waals surface area contributed by atoms with Crippen molar-refractivity contribution in [2.75, 3.05) is 26.3 Å². The van der Waals surface area contributed by atoms with Crippen LogP contribution in [0.2, 0.25) is 0 Å². The number of hydrogen-bond acceptors (Lipinski definition) is 3. The van der Waals surface area contributed by atoms with Crippen molar-refractivity contribution in [3.05, 3.63) is 0 Å². The summed E-state index contributed by atoms with van der Waals surface area (Å²) < 4.78 is 5.73. The Labute approximate surface area is 133 Å². The van der Waals surface area contributed by atoms with Gasteiger partial charge in [0.15, 0.2) is 0 Å². The van der Waals surface area contributed by atoms with Crippen LogP contribution in [0, 0.1) is 5.92 Å². The smallest absolute Gasteiger partial charge is 0.0506 e. The third-order valence-electron chi connectivity index (χ3n) is 4.15. The molecule has 0 saturated carbocycles. The molecule has 1 atom stereocenters. The van der Waals surface area contributed by atoms with Crippen LogP contribution in [-0.4, -0.2) is 26.3 Å². The zero-order valence-corrected chi connectivity index (χ0v) is 14.5. The molecule has 3 nitrogen and oxygen atoms in total. The Morgan fingerprint density at radius 3 is 1.86 bits per heavy atom. The van der Waals surface area contributed by atoms with Gasteiger partial charge >= 0.3 is 0 Å². The average Bonchev–Trinajstić information content (AvgIpc) is 2.51. The van der Waals surface area contributed by atoms with Crippen LogP contribution in [0.15, 0.2) is 0 Å². The quantitative estimate of drug-likeness (QED) is 0.395. The molecule has 0 rings (SSSR count). The van der Waals surface area contributed by atoms with Gasteiger partial charge in [0.25, 0.3) is 0 Å². The Morgan fingerprint density at radius 1 is 0.762 bits per heavy atom. The van der Waals surface area contributed by atoms with E-state index in [0.717, 1.165) is 39.1 Å². The van der Waals surface area contributed by atoms with Gasteiger partial charge in [0, 0.05) is 6.61 Å². The molecule has 1 unspecified atom stereocenters. The van der Waals surface area contributed by atoms with Crippen LogP contribution in [0.3, 0.4) is 0 Å². The lowest BCUT2D eigenvalue weighted by Crippen LogP contribution is -2.21. The third kappa shape index (κ3) is 16.1. The molecule has 0 spiro atoms. The van der Waals surface area contributed by atoms with Crippen LogP contribution >= 0.6 is 0 Å².